The van der Waals surface area contributed by atoms with Gasteiger partial charge in [0, 0.05) is 18.6 Å². The number of ether oxygens (including phenoxy) is 1. The summed E-state index contributed by atoms with van der Waals surface area (Å²) in [5.41, 5.74) is 0. The van der Waals surface area contributed by atoms with E-state index in [1.165, 1.54) is 12.1 Å². The Morgan fingerprint density at radius 2 is 1.87 bits per heavy atom. The highest BCUT2D eigenvalue weighted by atomic mass is 19.1. The SMILES string of the molecule is CC(C)N1CCC(N(C)CC(O)COc2ccc(F)cc2)CC1. The predicted octanol–water partition coefficient (Wildman–Crippen LogP) is 2.37. The average Bonchev–Trinajstić information content (AvgIpc) is 2.54. The van der Waals surface area contributed by atoms with Gasteiger partial charge in [-0.15, -0.1) is 0 Å². The highest BCUT2D eigenvalue weighted by Crippen LogP contribution is 2.17. The molecule has 1 aliphatic rings. The third-order valence-corrected chi connectivity index (χ3v) is 4.61. The number of hydrogen-bond donors (Lipinski definition) is 1. The van der Waals surface area contributed by atoms with Crippen LogP contribution in [0.15, 0.2) is 24.3 Å². The lowest BCUT2D eigenvalue weighted by Crippen LogP contribution is -2.47. The first-order chi connectivity index (χ1) is 11.0. The van der Waals surface area contributed by atoms with Crippen LogP contribution < -0.4 is 4.74 Å². The molecule has 1 atom stereocenters. The van der Waals surface area contributed by atoms with Gasteiger partial charge < -0.3 is 19.6 Å². The lowest BCUT2D eigenvalue weighted by molar-refractivity contribution is 0.0433. The van der Waals surface area contributed by atoms with Crippen molar-refractivity contribution in [1.29, 1.82) is 0 Å². The van der Waals surface area contributed by atoms with Crippen molar-refractivity contribution in [2.24, 2.45) is 0 Å². The van der Waals surface area contributed by atoms with Gasteiger partial charge in [-0.1, -0.05) is 0 Å². The maximum atomic E-state index is 12.8. The predicted molar refractivity (Wildman–Crippen MR) is 90.3 cm³/mol. The minimum atomic E-state index is -0.548. The van der Waals surface area contributed by atoms with Crippen molar-refractivity contribution >= 4 is 0 Å². The molecule has 23 heavy (non-hydrogen) atoms. The number of halogens is 1. The Morgan fingerprint density at radius 3 is 2.43 bits per heavy atom. The lowest BCUT2D eigenvalue weighted by atomic mass is 10.0. The number of benzene rings is 1. The zero-order valence-electron chi connectivity index (χ0n) is 14.4. The van der Waals surface area contributed by atoms with Gasteiger partial charge in [-0.05, 0) is 71.1 Å². The molecule has 1 aromatic rings. The van der Waals surface area contributed by atoms with Crippen LogP contribution in [0.3, 0.4) is 0 Å². The Morgan fingerprint density at radius 1 is 1.26 bits per heavy atom. The maximum absolute atomic E-state index is 12.8. The monoisotopic (exact) mass is 324 g/mol. The van der Waals surface area contributed by atoms with Crippen molar-refractivity contribution in [2.75, 3.05) is 33.3 Å². The topological polar surface area (TPSA) is 35.9 Å². The van der Waals surface area contributed by atoms with Crippen LogP contribution in [0.25, 0.3) is 0 Å². The third kappa shape index (κ3) is 5.75. The Labute approximate surface area is 138 Å². The summed E-state index contributed by atoms with van der Waals surface area (Å²) in [4.78, 5) is 4.73. The Hall–Kier alpha value is -1.17. The quantitative estimate of drug-likeness (QED) is 0.835. The minimum Gasteiger partial charge on any atom is -0.491 e. The zero-order chi connectivity index (χ0) is 16.8. The number of piperidine rings is 1. The smallest absolute Gasteiger partial charge is 0.123 e. The first-order valence-electron chi connectivity index (χ1n) is 8.46. The Balaban J connectivity index is 1.70. The molecular formula is C18H29FN2O2. The largest absolute Gasteiger partial charge is 0.491 e. The molecule has 1 aliphatic heterocycles. The molecule has 1 heterocycles. The van der Waals surface area contributed by atoms with Gasteiger partial charge in [0.1, 0.15) is 24.3 Å². The molecule has 0 aliphatic carbocycles. The summed E-state index contributed by atoms with van der Waals surface area (Å²) in [6, 6.07) is 6.99. The number of nitrogens with zero attached hydrogens (tertiary/aromatic N) is 2. The molecule has 1 saturated heterocycles. The van der Waals surface area contributed by atoms with E-state index in [-0.39, 0.29) is 12.4 Å². The Kier molecular flexibility index (Phi) is 6.81. The van der Waals surface area contributed by atoms with Gasteiger partial charge in [0.2, 0.25) is 0 Å². The van der Waals surface area contributed by atoms with E-state index in [9.17, 15) is 9.50 Å². The minimum absolute atomic E-state index is 0.223. The first-order valence-corrected chi connectivity index (χ1v) is 8.46. The molecule has 1 fully saturated rings. The van der Waals surface area contributed by atoms with E-state index in [0.29, 0.717) is 24.4 Å². The fourth-order valence-corrected chi connectivity index (χ4v) is 3.10. The molecule has 0 spiro atoms. The van der Waals surface area contributed by atoms with Crippen molar-refractivity contribution in [2.45, 2.75) is 44.9 Å². The number of aliphatic hydroxyl groups is 1. The molecule has 1 unspecified atom stereocenters. The fourth-order valence-electron chi connectivity index (χ4n) is 3.10. The van der Waals surface area contributed by atoms with Crippen molar-refractivity contribution in [1.82, 2.24) is 9.80 Å². The summed E-state index contributed by atoms with van der Waals surface area (Å²) in [7, 11) is 2.07. The summed E-state index contributed by atoms with van der Waals surface area (Å²) in [5, 5.41) is 10.2. The number of rotatable bonds is 7. The maximum Gasteiger partial charge on any atom is 0.123 e. The normalized spacial score (nSPS) is 18.6. The van der Waals surface area contributed by atoms with Crippen molar-refractivity contribution in [3.8, 4) is 5.75 Å². The average molecular weight is 324 g/mol. The summed E-state index contributed by atoms with van der Waals surface area (Å²) in [6.45, 7) is 7.53. The number of hydrogen-bond acceptors (Lipinski definition) is 4. The van der Waals surface area contributed by atoms with Crippen LogP contribution in [-0.2, 0) is 0 Å². The molecule has 0 aromatic heterocycles. The van der Waals surface area contributed by atoms with Crippen LogP contribution in [0, 0.1) is 5.82 Å². The molecular weight excluding hydrogens is 295 g/mol. The molecule has 0 saturated carbocycles. The second-order valence-corrected chi connectivity index (χ2v) is 6.72. The van der Waals surface area contributed by atoms with Crippen LogP contribution in [-0.4, -0.2) is 66.4 Å². The number of likely N-dealkylation sites (N-methyl/N-ethyl adjacent to an activating group) is 1. The summed E-state index contributed by atoms with van der Waals surface area (Å²) in [5.74, 6) is 0.295. The molecule has 5 heteroatoms. The zero-order valence-corrected chi connectivity index (χ0v) is 14.4. The molecule has 1 aromatic carbocycles. The van der Waals surface area contributed by atoms with Crippen molar-refractivity contribution in [3.63, 3.8) is 0 Å². The van der Waals surface area contributed by atoms with Gasteiger partial charge in [-0.3, -0.25) is 0 Å². The molecule has 0 amide bonds. The standard InChI is InChI=1S/C18H29FN2O2/c1-14(2)21-10-8-16(9-11-21)20(3)12-17(22)13-23-18-6-4-15(19)5-7-18/h4-7,14,16-17,22H,8-13H2,1-3H3. The second-order valence-electron chi connectivity index (χ2n) is 6.72. The first kappa shape index (κ1) is 18.2. The van der Waals surface area contributed by atoms with E-state index in [2.05, 4.69) is 30.7 Å². The van der Waals surface area contributed by atoms with Gasteiger partial charge in [0.25, 0.3) is 0 Å². The van der Waals surface area contributed by atoms with E-state index in [1.807, 2.05) is 0 Å². The molecule has 130 valence electrons. The molecule has 4 nitrogen and oxygen atoms in total. The second kappa shape index (κ2) is 8.62. The molecule has 2 rings (SSSR count). The van der Waals surface area contributed by atoms with Crippen LogP contribution in [0.2, 0.25) is 0 Å². The third-order valence-electron chi connectivity index (χ3n) is 4.61. The number of aliphatic hydroxyl groups excluding tert-OH is 1. The van der Waals surface area contributed by atoms with Crippen LogP contribution in [0.1, 0.15) is 26.7 Å². The van der Waals surface area contributed by atoms with Gasteiger partial charge >= 0.3 is 0 Å². The van der Waals surface area contributed by atoms with E-state index in [1.54, 1.807) is 12.1 Å². The van der Waals surface area contributed by atoms with Gasteiger partial charge in [0.15, 0.2) is 0 Å². The van der Waals surface area contributed by atoms with E-state index in [0.717, 1.165) is 25.9 Å². The van der Waals surface area contributed by atoms with Gasteiger partial charge in [0.05, 0.1) is 0 Å². The highest BCUT2D eigenvalue weighted by molar-refractivity contribution is 5.22. The van der Waals surface area contributed by atoms with Crippen molar-refractivity contribution in [3.05, 3.63) is 30.1 Å². The van der Waals surface area contributed by atoms with E-state index in [4.69, 9.17) is 4.74 Å². The van der Waals surface area contributed by atoms with E-state index >= 15 is 0 Å². The van der Waals surface area contributed by atoms with Crippen LogP contribution in [0.4, 0.5) is 4.39 Å². The van der Waals surface area contributed by atoms with Crippen LogP contribution in [0.5, 0.6) is 5.75 Å². The van der Waals surface area contributed by atoms with Gasteiger partial charge in [-0.2, -0.15) is 0 Å². The van der Waals surface area contributed by atoms with Crippen LogP contribution >= 0.6 is 0 Å². The summed E-state index contributed by atoms with van der Waals surface area (Å²) in [6.07, 6.45) is 1.73. The summed E-state index contributed by atoms with van der Waals surface area (Å²) < 4.78 is 18.3. The Bertz CT molecular complexity index is 459. The highest BCUT2D eigenvalue weighted by Gasteiger charge is 2.24. The van der Waals surface area contributed by atoms with Gasteiger partial charge in [-0.25, -0.2) is 4.39 Å². The lowest BCUT2D eigenvalue weighted by Gasteiger charge is -2.39. The van der Waals surface area contributed by atoms with E-state index < -0.39 is 6.10 Å². The van der Waals surface area contributed by atoms with Crippen molar-refractivity contribution < 1.29 is 14.2 Å². The molecule has 0 radical (unpaired) electrons. The molecule has 0 bridgehead atoms. The fraction of sp³-hybridized carbons (Fsp3) is 0.667. The number of likely N-dealkylation sites (tertiary alicyclic amines) is 1. The molecule has 1 N–H and O–H groups in total. The summed E-state index contributed by atoms with van der Waals surface area (Å²) >= 11 is 0.